The number of carbonyl (C=O) groups is 2. The van der Waals surface area contributed by atoms with E-state index in [0.29, 0.717) is 18.0 Å². The summed E-state index contributed by atoms with van der Waals surface area (Å²) in [6.07, 6.45) is 1.08. The highest BCUT2D eigenvalue weighted by Crippen LogP contribution is 2.56. The number of fused-ring (bicyclic) bond motifs is 1. The van der Waals surface area contributed by atoms with Crippen LogP contribution >= 0.6 is 11.3 Å². The van der Waals surface area contributed by atoms with Gasteiger partial charge in [0, 0.05) is 5.92 Å². The smallest absolute Gasteiger partial charge is 0.309 e. The zero-order valence-electron chi connectivity index (χ0n) is 13.4. The molecule has 1 amide bonds. The fraction of sp³-hybridized carbons (Fsp3) is 0.471. The number of anilines is 1. The second-order valence-corrected chi connectivity index (χ2v) is 7.96. The van der Waals surface area contributed by atoms with Crippen molar-refractivity contribution >= 4 is 38.6 Å². The van der Waals surface area contributed by atoms with Gasteiger partial charge in [-0.15, -0.1) is 0 Å². The molecule has 0 spiro atoms. The molecular weight excluding hydrogens is 312 g/mol. The molecule has 1 heterocycles. The van der Waals surface area contributed by atoms with Crippen LogP contribution in [0.25, 0.3) is 10.2 Å². The number of hydrogen-bond acceptors (Lipinski definition) is 4. The van der Waals surface area contributed by atoms with Crippen molar-refractivity contribution in [2.24, 2.45) is 16.7 Å². The van der Waals surface area contributed by atoms with E-state index in [0.717, 1.165) is 10.2 Å². The van der Waals surface area contributed by atoms with Crippen LogP contribution in [0.15, 0.2) is 24.3 Å². The van der Waals surface area contributed by atoms with Crippen molar-refractivity contribution in [3.8, 4) is 0 Å². The van der Waals surface area contributed by atoms with Crippen molar-refractivity contribution in [3.63, 3.8) is 0 Å². The van der Waals surface area contributed by atoms with Crippen LogP contribution in [0.4, 0.5) is 5.13 Å². The van der Waals surface area contributed by atoms with Gasteiger partial charge in [-0.1, -0.05) is 37.3 Å². The number of benzene rings is 1. The summed E-state index contributed by atoms with van der Waals surface area (Å²) in [7, 11) is 0. The molecule has 1 fully saturated rings. The van der Waals surface area contributed by atoms with Crippen LogP contribution in [0, 0.1) is 16.7 Å². The molecule has 1 aliphatic rings. The molecule has 0 unspecified atom stereocenters. The first-order chi connectivity index (χ1) is 10.8. The van der Waals surface area contributed by atoms with Gasteiger partial charge in [0.15, 0.2) is 5.13 Å². The molecule has 0 bridgehead atoms. The summed E-state index contributed by atoms with van der Waals surface area (Å²) in [5.74, 6) is -1.31. The molecule has 1 saturated carbocycles. The Bertz CT molecular complexity index is 750. The maximum atomic E-state index is 12.7. The quantitative estimate of drug-likeness (QED) is 0.897. The fourth-order valence-electron chi connectivity index (χ4n) is 3.46. The van der Waals surface area contributed by atoms with Gasteiger partial charge in [-0.25, -0.2) is 4.98 Å². The summed E-state index contributed by atoms with van der Waals surface area (Å²) in [6.45, 7) is 5.48. The minimum atomic E-state index is -0.886. The number of nitrogens with zero attached hydrogens (tertiary/aromatic N) is 1. The highest BCUT2D eigenvalue weighted by atomic mass is 32.1. The second kappa shape index (κ2) is 5.30. The van der Waals surface area contributed by atoms with Gasteiger partial charge >= 0.3 is 5.97 Å². The molecule has 2 N–H and O–H groups in total. The molecular formula is C17H20N2O3S. The van der Waals surface area contributed by atoms with Crippen molar-refractivity contribution in [1.29, 1.82) is 0 Å². The fourth-order valence-corrected chi connectivity index (χ4v) is 4.33. The van der Waals surface area contributed by atoms with Gasteiger partial charge in [0.05, 0.1) is 15.6 Å². The first-order valence-electron chi connectivity index (χ1n) is 7.65. The molecule has 122 valence electrons. The van der Waals surface area contributed by atoms with Gasteiger partial charge in [-0.3, -0.25) is 9.59 Å². The minimum Gasteiger partial charge on any atom is -0.481 e. The summed E-state index contributed by atoms with van der Waals surface area (Å²) in [5.41, 5.74) is -0.642. The summed E-state index contributed by atoms with van der Waals surface area (Å²) in [4.78, 5) is 28.7. The van der Waals surface area contributed by atoms with Crippen LogP contribution in [0.5, 0.6) is 0 Å². The lowest BCUT2D eigenvalue weighted by molar-refractivity contribution is -0.154. The lowest BCUT2D eigenvalue weighted by atomic mass is 9.65. The Balaban J connectivity index is 1.82. The summed E-state index contributed by atoms with van der Waals surface area (Å²) in [6, 6.07) is 7.71. The molecule has 2 aromatic rings. The lowest BCUT2D eigenvalue weighted by Crippen LogP contribution is -2.43. The van der Waals surface area contributed by atoms with Crippen LogP contribution in [-0.2, 0) is 9.59 Å². The average Bonchev–Trinajstić information content (AvgIpc) is 2.98. The number of amides is 1. The highest BCUT2D eigenvalue weighted by molar-refractivity contribution is 7.22. The van der Waals surface area contributed by atoms with E-state index in [2.05, 4.69) is 10.3 Å². The number of carboxylic acids is 1. The first-order valence-corrected chi connectivity index (χ1v) is 8.47. The summed E-state index contributed by atoms with van der Waals surface area (Å²) in [5, 5.41) is 13.0. The van der Waals surface area contributed by atoms with Gasteiger partial charge in [0.1, 0.15) is 0 Å². The number of carboxylic acid groups (broad SMARTS) is 1. The number of aromatic nitrogens is 1. The Morgan fingerprint density at radius 2 is 2.00 bits per heavy atom. The van der Waals surface area contributed by atoms with Gasteiger partial charge in [-0.2, -0.15) is 0 Å². The number of thiazole rings is 1. The largest absolute Gasteiger partial charge is 0.481 e. The molecule has 2 atom stereocenters. The summed E-state index contributed by atoms with van der Waals surface area (Å²) < 4.78 is 1.02. The van der Waals surface area contributed by atoms with Gasteiger partial charge in [-0.05, 0) is 37.3 Å². The van der Waals surface area contributed by atoms with Crippen molar-refractivity contribution in [1.82, 2.24) is 4.98 Å². The van der Waals surface area contributed by atoms with Gasteiger partial charge in [0.25, 0.3) is 0 Å². The molecule has 1 aliphatic carbocycles. The lowest BCUT2D eigenvalue weighted by Gasteiger charge is -2.37. The molecule has 0 saturated heterocycles. The average molecular weight is 332 g/mol. The Kier molecular flexibility index (Phi) is 3.67. The topological polar surface area (TPSA) is 79.3 Å². The predicted octanol–water partition coefficient (Wildman–Crippen LogP) is 3.76. The van der Waals surface area contributed by atoms with Crippen LogP contribution < -0.4 is 5.32 Å². The molecule has 6 heteroatoms. The van der Waals surface area contributed by atoms with E-state index in [4.69, 9.17) is 0 Å². The molecule has 23 heavy (non-hydrogen) atoms. The van der Waals surface area contributed by atoms with Crippen LogP contribution in [0.3, 0.4) is 0 Å². The molecule has 0 radical (unpaired) electrons. The van der Waals surface area contributed by atoms with Crippen LogP contribution in [-0.4, -0.2) is 22.0 Å². The Hall–Kier alpha value is -1.95. The van der Waals surface area contributed by atoms with E-state index in [9.17, 15) is 14.7 Å². The molecule has 1 aromatic carbocycles. The number of para-hydroxylation sites is 1. The van der Waals surface area contributed by atoms with E-state index in [-0.39, 0.29) is 11.8 Å². The number of aliphatic carboxylic acids is 1. The molecule has 0 aliphatic heterocycles. The number of hydrogen-bond donors (Lipinski definition) is 2. The van der Waals surface area contributed by atoms with E-state index >= 15 is 0 Å². The number of nitrogens with one attached hydrogen (secondary N) is 1. The summed E-state index contributed by atoms with van der Waals surface area (Å²) >= 11 is 1.43. The Labute approximate surface area is 138 Å². The van der Waals surface area contributed by atoms with Crippen molar-refractivity contribution in [3.05, 3.63) is 24.3 Å². The van der Waals surface area contributed by atoms with E-state index in [1.54, 1.807) is 6.92 Å². The van der Waals surface area contributed by atoms with E-state index < -0.39 is 16.8 Å². The molecule has 1 aromatic heterocycles. The zero-order valence-corrected chi connectivity index (χ0v) is 14.2. The SMILES string of the molecule is CC1(C)[C@H](C(=O)Nc2nc3ccccc3s2)CC[C@]1(C)C(=O)O. The minimum absolute atomic E-state index is 0.140. The van der Waals surface area contributed by atoms with Crippen LogP contribution in [0.2, 0.25) is 0 Å². The third-order valence-electron chi connectivity index (χ3n) is 5.54. The second-order valence-electron chi connectivity index (χ2n) is 6.93. The molecule has 5 nitrogen and oxygen atoms in total. The zero-order chi connectivity index (χ0) is 16.8. The third-order valence-corrected chi connectivity index (χ3v) is 6.49. The number of rotatable bonds is 3. The monoisotopic (exact) mass is 332 g/mol. The van der Waals surface area contributed by atoms with E-state index in [1.165, 1.54) is 11.3 Å². The predicted molar refractivity (Wildman–Crippen MR) is 90.5 cm³/mol. The van der Waals surface area contributed by atoms with Crippen LogP contribution in [0.1, 0.15) is 33.6 Å². The maximum absolute atomic E-state index is 12.7. The highest BCUT2D eigenvalue weighted by Gasteiger charge is 2.58. The van der Waals surface area contributed by atoms with Gasteiger partial charge < -0.3 is 10.4 Å². The van der Waals surface area contributed by atoms with Crippen molar-refractivity contribution in [2.45, 2.75) is 33.6 Å². The van der Waals surface area contributed by atoms with Crippen molar-refractivity contribution < 1.29 is 14.7 Å². The van der Waals surface area contributed by atoms with Gasteiger partial charge in [0.2, 0.25) is 5.91 Å². The third kappa shape index (κ3) is 2.41. The standard InChI is InChI=1S/C17H20N2O3S/c1-16(2)10(8-9-17(16,3)14(21)22)13(20)19-15-18-11-6-4-5-7-12(11)23-15/h4-7,10H,8-9H2,1-3H3,(H,21,22)(H,18,19,20)/t10-,17+/m0/s1. The first kappa shape index (κ1) is 15.9. The number of carbonyl (C=O) groups excluding carboxylic acids is 1. The molecule has 3 rings (SSSR count). The maximum Gasteiger partial charge on any atom is 0.309 e. The van der Waals surface area contributed by atoms with Crippen molar-refractivity contribution in [2.75, 3.05) is 5.32 Å². The Morgan fingerprint density at radius 3 is 2.61 bits per heavy atom. The van der Waals surface area contributed by atoms with E-state index in [1.807, 2.05) is 38.1 Å². The Morgan fingerprint density at radius 1 is 1.30 bits per heavy atom. The normalized spacial score (nSPS) is 26.3.